The predicted molar refractivity (Wildman–Crippen MR) is 74.3 cm³/mol. The van der Waals surface area contributed by atoms with Crippen LogP contribution in [-0.4, -0.2) is 16.9 Å². The monoisotopic (exact) mass is 274 g/mol. The number of rotatable bonds is 3. The molecular weight excluding hydrogens is 256 g/mol. The highest BCUT2D eigenvalue weighted by molar-refractivity contribution is 5.94. The van der Waals surface area contributed by atoms with Gasteiger partial charge in [-0.2, -0.15) is 0 Å². The Kier molecular flexibility index (Phi) is 2.81. The van der Waals surface area contributed by atoms with Gasteiger partial charge in [-0.05, 0) is 42.2 Å². The summed E-state index contributed by atoms with van der Waals surface area (Å²) in [5.74, 6) is 1.15. The summed E-state index contributed by atoms with van der Waals surface area (Å²) in [6, 6.07) is 6.01. The second-order valence-electron chi connectivity index (χ2n) is 6.48. The van der Waals surface area contributed by atoms with Gasteiger partial charge in [-0.15, -0.1) is 0 Å². The van der Waals surface area contributed by atoms with E-state index in [1.54, 1.807) is 0 Å². The average molecular weight is 274 g/mol. The smallest absolute Gasteiger partial charge is 0.269 e. The van der Waals surface area contributed by atoms with Crippen molar-refractivity contribution in [2.45, 2.75) is 32.7 Å². The molecule has 3 atom stereocenters. The van der Waals surface area contributed by atoms with Crippen LogP contribution < -0.4 is 5.32 Å². The van der Waals surface area contributed by atoms with Crippen LogP contribution in [0.2, 0.25) is 0 Å². The lowest BCUT2D eigenvalue weighted by molar-refractivity contribution is -0.384. The van der Waals surface area contributed by atoms with Crippen LogP contribution in [0.1, 0.15) is 37.0 Å². The molecule has 0 heterocycles. The standard InChI is InChI=1S/C15H18N2O3/c1-15(2)10-7-12(15)13(8-10)16-14(18)9-3-5-11(6-4-9)17(19)20/h3-6,10,12-13H,7-8H2,1-2H3,(H,16,18)/t10-,12-,13+/m0/s1. The van der Waals surface area contributed by atoms with Gasteiger partial charge in [-0.1, -0.05) is 13.8 Å². The Labute approximate surface area is 117 Å². The normalized spacial score (nSPS) is 29.6. The van der Waals surface area contributed by atoms with Crippen molar-refractivity contribution < 1.29 is 9.72 Å². The topological polar surface area (TPSA) is 72.2 Å². The van der Waals surface area contributed by atoms with Crippen molar-refractivity contribution in [2.75, 3.05) is 0 Å². The first-order chi connectivity index (χ1) is 9.39. The SMILES string of the molecule is CC1(C)[C@@H]2C[C@@H](NC(=O)c3ccc([N+](=O)[O-])cc3)[C@@H]1C2. The molecule has 20 heavy (non-hydrogen) atoms. The van der Waals surface area contributed by atoms with Crippen LogP contribution in [0.25, 0.3) is 0 Å². The molecule has 1 N–H and O–H groups in total. The Morgan fingerprint density at radius 3 is 2.40 bits per heavy atom. The van der Waals surface area contributed by atoms with Crippen molar-refractivity contribution in [1.82, 2.24) is 5.32 Å². The third-order valence-corrected chi connectivity index (χ3v) is 5.23. The zero-order valence-electron chi connectivity index (χ0n) is 11.6. The summed E-state index contributed by atoms with van der Waals surface area (Å²) in [7, 11) is 0. The third-order valence-electron chi connectivity index (χ3n) is 5.23. The first kappa shape index (κ1) is 13.1. The first-order valence-corrected chi connectivity index (χ1v) is 6.95. The zero-order valence-corrected chi connectivity index (χ0v) is 11.6. The lowest BCUT2D eigenvalue weighted by atomic mass is 9.61. The summed E-state index contributed by atoms with van der Waals surface area (Å²) in [4.78, 5) is 22.3. The van der Waals surface area contributed by atoms with E-state index in [9.17, 15) is 14.9 Å². The van der Waals surface area contributed by atoms with E-state index >= 15 is 0 Å². The summed E-state index contributed by atoms with van der Waals surface area (Å²) in [5, 5.41) is 13.7. The minimum Gasteiger partial charge on any atom is -0.349 e. The lowest BCUT2D eigenvalue weighted by Gasteiger charge is -2.45. The number of amides is 1. The number of non-ortho nitro benzene ring substituents is 1. The van der Waals surface area contributed by atoms with Crippen molar-refractivity contribution in [3.8, 4) is 0 Å². The maximum atomic E-state index is 12.2. The third kappa shape index (κ3) is 1.88. The van der Waals surface area contributed by atoms with Gasteiger partial charge >= 0.3 is 0 Å². The molecule has 0 unspecified atom stereocenters. The number of nitrogens with zero attached hydrogens (tertiary/aromatic N) is 1. The number of benzene rings is 1. The number of carbonyl (C=O) groups is 1. The fourth-order valence-corrected chi connectivity index (χ4v) is 3.76. The fourth-order valence-electron chi connectivity index (χ4n) is 3.76. The molecule has 3 aliphatic carbocycles. The lowest BCUT2D eigenvalue weighted by Crippen LogP contribution is -2.44. The summed E-state index contributed by atoms with van der Waals surface area (Å²) in [6.07, 6.45) is 2.26. The summed E-state index contributed by atoms with van der Waals surface area (Å²) < 4.78 is 0. The molecule has 5 nitrogen and oxygen atoms in total. The number of nitrogens with one attached hydrogen (secondary N) is 1. The predicted octanol–water partition coefficient (Wildman–Crippen LogP) is 2.76. The van der Waals surface area contributed by atoms with Gasteiger partial charge in [0.05, 0.1) is 4.92 Å². The quantitative estimate of drug-likeness (QED) is 0.680. The number of fused-ring (bicyclic) bond motifs is 1. The number of nitro groups is 1. The molecule has 5 heteroatoms. The molecule has 0 aliphatic heterocycles. The largest absolute Gasteiger partial charge is 0.349 e. The maximum Gasteiger partial charge on any atom is 0.269 e. The van der Waals surface area contributed by atoms with E-state index in [2.05, 4.69) is 19.2 Å². The van der Waals surface area contributed by atoms with Crippen molar-refractivity contribution in [3.05, 3.63) is 39.9 Å². The Morgan fingerprint density at radius 2 is 1.95 bits per heavy atom. The molecule has 3 saturated carbocycles. The zero-order chi connectivity index (χ0) is 14.5. The van der Waals surface area contributed by atoms with E-state index in [1.165, 1.54) is 30.7 Å². The minimum absolute atomic E-state index is 0.00538. The average Bonchev–Trinajstić information content (AvgIpc) is 2.94. The van der Waals surface area contributed by atoms with Gasteiger partial charge in [-0.25, -0.2) is 0 Å². The maximum absolute atomic E-state index is 12.2. The van der Waals surface area contributed by atoms with E-state index in [0.717, 1.165) is 12.3 Å². The fraction of sp³-hybridized carbons (Fsp3) is 0.533. The van der Waals surface area contributed by atoms with Crippen molar-refractivity contribution in [1.29, 1.82) is 0 Å². The van der Waals surface area contributed by atoms with Crippen LogP contribution >= 0.6 is 0 Å². The van der Waals surface area contributed by atoms with Crippen molar-refractivity contribution in [2.24, 2.45) is 17.3 Å². The highest BCUT2D eigenvalue weighted by Gasteiger charge is 2.58. The van der Waals surface area contributed by atoms with Crippen LogP contribution in [0.5, 0.6) is 0 Å². The molecule has 1 aromatic carbocycles. The van der Waals surface area contributed by atoms with Crippen LogP contribution in [0, 0.1) is 27.4 Å². The summed E-state index contributed by atoms with van der Waals surface area (Å²) >= 11 is 0. The molecule has 4 rings (SSSR count). The van der Waals surface area contributed by atoms with Gasteiger partial charge in [0.2, 0.25) is 0 Å². The van der Waals surface area contributed by atoms with Crippen LogP contribution in [0.4, 0.5) is 5.69 Å². The molecule has 3 aliphatic rings. The second kappa shape index (κ2) is 4.30. The van der Waals surface area contributed by atoms with Crippen molar-refractivity contribution in [3.63, 3.8) is 0 Å². The minimum atomic E-state index is -0.462. The van der Waals surface area contributed by atoms with Crippen LogP contribution in [0.15, 0.2) is 24.3 Å². The van der Waals surface area contributed by atoms with Gasteiger partial charge in [0.25, 0.3) is 11.6 Å². The molecule has 106 valence electrons. The van der Waals surface area contributed by atoms with E-state index in [1.807, 2.05) is 0 Å². The van der Waals surface area contributed by atoms with Crippen molar-refractivity contribution >= 4 is 11.6 Å². The number of carbonyl (C=O) groups excluding carboxylic acids is 1. The van der Waals surface area contributed by atoms with Crippen LogP contribution in [0.3, 0.4) is 0 Å². The van der Waals surface area contributed by atoms with Gasteiger partial charge in [0.15, 0.2) is 0 Å². The van der Waals surface area contributed by atoms with E-state index in [4.69, 9.17) is 0 Å². The molecular formula is C15H18N2O3. The van der Waals surface area contributed by atoms with Gasteiger partial charge < -0.3 is 5.32 Å². The number of hydrogen-bond acceptors (Lipinski definition) is 3. The Bertz CT molecular complexity index is 565. The molecule has 0 spiro atoms. The molecule has 0 saturated heterocycles. The number of nitro benzene ring substituents is 1. The van der Waals surface area contributed by atoms with E-state index in [0.29, 0.717) is 16.9 Å². The first-order valence-electron chi connectivity index (χ1n) is 6.95. The molecule has 0 aromatic heterocycles. The molecule has 1 amide bonds. The highest BCUT2D eigenvalue weighted by Crippen LogP contribution is 2.61. The molecule has 2 bridgehead atoms. The molecule has 3 fully saturated rings. The Morgan fingerprint density at radius 1 is 1.30 bits per heavy atom. The van der Waals surface area contributed by atoms with Crippen LogP contribution in [-0.2, 0) is 0 Å². The van der Waals surface area contributed by atoms with E-state index < -0.39 is 4.92 Å². The highest BCUT2D eigenvalue weighted by atomic mass is 16.6. The summed E-state index contributed by atoms with van der Waals surface area (Å²) in [5.41, 5.74) is 0.830. The Hall–Kier alpha value is -1.91. The Balaban J connectivity index is 1.67. The van der Waals surface area contributed by atoms with Gasteiger partial charge in [0.1, 0.15) is 0 Å². The molecule has 1 aromatic rings. The number of hydrogen-bond donors (Lipinski definition) is 1. The van der Waals surface area contributed by atoms with Gasteiger partial charge in [-0.3, -0.25) is 14.9 Å². The van der Waals surface area contributed by atoms with E-state index in [-0.39, 0.29) is 17.6 Å². The second-order valence-corrected chi connectivity index (χ2v) is 6.48. The van der Waals surface area contributed by atoms with Gasteiger partial charge in [0, 0.05) is 23.7 Å². The summed E-state index contributed by atoms with van der Waals surface area (Å²) in [6.45, 7) is 4.54. The molecule has 0 radical (unpaired) electrons.